The molecule has 0 bridgehead atoms. The molecule has 2 saturated carbocycles. The zero-order chi connectivity index (χ0) is 39.7. The number of hydrogen-bond donors (Lipinski definition) is 1. The molecule has 2 fully saturated rings. The molecule has 8 unspecified atom stereocenters. The number of ketones is 2. The predicted molar refractivity (Wildman–Crippen MR) is 249 cm³/mol. The predicted octanol–water partition coefficient (Wildman–Crippen LogP) is 11.2. The Bertz CT molecular complexity index is 1660. The fraction of sp³-hybridized carbons (Fsp3) is 0.659. The first-order chi connectivity index (χ1) is 24.4. The number of carbonyl (C=O) groups excluding carboxylic acids is 3. The second kappa shape index (κ2) is 22.6. The monoisotopic (exact) mass is 854 g/mol. The molecule has 8 atom stereocenters. The van der Waals surface area contributed by atoms with Gasteiger partial charge in [0.05, 0.1) is 0 Å². The minimum absolute atomic E-state index is 0. The van der Waals surface area contributed by atoms with Crippen LogP contribution in [0.25, 0.3) is 0 Å². The molecular formula is C44H70O4S6. The van der Waals surface area contributed by atoms with Gasteiger partial charge in [-0.1, -0.05) is 104 Å². The summed E-state index contributed by atoms with van der Waals surface area (Å²) in [4.78, 5) is 36.3. The summed E-state index contributed by atoms with van der Waals surface area (Å²) in [6, 6.07) is 0. The lowest BCUT2D eigenvalue weighted by atomic mass is 9.58. The van der Waals surface area contributed by atoms with Crippen LogP contribution in [0.2, 0.25) is 0 Å². The molecule has 1 N–H and O–H groups in total. The summed E-state index contributed by atoms with van der Waals surface area (Å²) < 4.78 is 0. The van der Waals surface area contributed by atoms with Crippen molar-refractivity contribution in [3.63, 3.8) is 0 Å². The zero-order valence-corrected chi connectivity index (χ0v) is 37.7. The van der Waals surface area contributed by atoms with Gasteiger partial charge in [-0.05, 0) is 93.3 Å². The van der Waals surface area contributed by atoms with Crippen LogP contribution >= 0.6 is 0 Å². The average molecular weight is 855 g/mol. The minimum atomic E-state index is -0.304. The van der Waals surface area contributed by atoms with Gasteiger partial charge in [-0.2, -0.15) is 0 Å². The maximum Gasteiger partial charge on any atom is 0.159 e. The number of aliphatic hydroxyl groups is 1. The lowest BCUT2D eigenvalue weighted by molar-refractivity contribution is -0.115. The van der Waals surface area contributed by atoms with Crippen LogP contribution in [-0.4, -0.2) is 29.6 Å². The van der Waals surface area contributed by atoms with Gasteiger partial charge in [-0.25, -0.2) is 0 Å². The molecule has 0 aliphatic heterocycles. The third kappa shape index (κ3) is 10.8. The molecule has 306 valence electrons. The van der Waals surface area contributed by atoms with Gasteiger partial charge < -0.3 is 9.90 Å². The van der Waals surface area contributed by atoms with Crippen LogP contribution < -0.4 is 0 Å². The van der Waals surface area contributed by atoms with Crippen LogP contribution in [-0.2, 0) is 72.3 Å². The molecule has 10 heteroatoms. The van der Waals surface area contributed by atoms with Crippen molar-refractivity contribution in [1.82, 2.24) is 0 Å². The molecule has 0 amide bonds. The maximum absolute atomic E-state index is 12.6. The van der Waals surface area contributed by atoms with Gasteiger partial charge in [-0.15, -0.1) is 13.2 Å². The topological polar surface area (TPSA) is 71.4 Å². The Labute approximate surface area is 351 Å². The molecule has 54 heavy (non-hydrogen) atoms. The van der Waals surface area contributed by atoms with Gasteiger partial charge in [0, 0.05) is 106 Å². The molecule has 4 nitrogen and oxygen atoms in total. The Morgan fingerprint density at radius 2 is 1.19 bits per heavy atom. The van der Waals surface area contributed by atoms with E-state index >= 15 is 0 Å². The van der Waals surface area contributed by atoms with E-state index in [1.54, 1.807) is 0 Å². The summed E-state index contributed by atoms with van der Waals surface area (Å²) in [5, 5.41) is 9.44. The zero-order valence-electron chi connectivity index (χ0n) is 32.8. The van der Waals surface area contributed by atoms with Crippen molar-refractivity contribution in [3.8, 4) is 0 Å². The SMILES string of the molecule is C.C.C=CC(C)(CC=O)C(C)C(=C)C12CCC(=O)C1=C(C)C(C)CC2.C=CC(C)(CCO)C(C)C(=C)C12CCC(=O)C1=C(C)C(C)CC2.S=S=S=S=S=S. The van der Waals surface area contributed by atoms with Crippen LogP contribution in [0.5, 0.6) is 0 Å². The van der Waals surface area contributed by atoms with E-state index in [0.29, 0.717) is 49.1 Å². The number of hydrogen-bond acceptors (Lipinski definition) is 6. The van der Waals surface area contributed by atoms with Crippen molar-refractivity contribution in [2.75, 3.05) is 6.61 Å². The minimum Gasteiger partial charge on any atom is -0.396 e. The molecule has 4 aliphatic carbocycles. The first kappa shape index (κ1) is 52.7. The normalized spacial score (nSPS) is 27.4. The molecule has 0 aromatic carbocycles. The van der Waals surface area contributed by atoms with Crippen molar-refractivity contribution in [2.24, 2.45) is 45.3 Å². The molecule has 0 heterocycles. The molecule has 0 aromatic rings. The highest BCUT2D eigenvalue weighted by molar-refractivity contribution is 8.64. The van der Waals surface area contributed by atoms with E-state index in [0.717, 1.165) is 61.5 Å². The Hall–Kier alpha value is -1.27. The van der Waals surface area contributed by atoms with Gasteiger partial charge in [-0.3, -0.25) is 9.59 Å². The summed E-state index contributed by atoms with van der Waals surface area (Å²) in [6.07, 6.45) is 13.2. The second-order valence-corrected chi connectivity index (χ2v) is 23.1. The molecule has 0 spiro atoms. The number of Topliss-reactive ketones (excluding diaryl/α,β-unsaturated/α-hetero) is 2. The van der Waals surface area contributed by atoms with Crippen LogP contribution in [0.1, 0.15) is 134 Å². The van der Waals surface area contributed by atoms with E-state index in [1.165, 1.54) is 52.2 Å². The van der Waals surface area contributed by atoms with Gasteiger partial charge in [0.15, 0.2) is 11.6 Å². The van der Waals surface area contributed by atoms with Gasteiger partial charge >= 0.3 is 0 Å². The Morgan fingerprint density at radius 1 is 0.815 bits per heavy atom. The lowest BCUT2D eigenvalue weighted by Gasteiger charge is -2.45. The van der Waals surface area contributed by atoms with Crippen LogP contribution in [0.3, 0.4) is 0 Å². The standard InChI is InChI=1S/C21H32O2.C21H30O2.2CH4.S6/c2*1-7-20(6,12-13-22)16(4)17(5)21-10-8-14(2)15(3)19(21)18(23)9-11-21;;;1-3-5-6-4-2/h7,14,16,22H,1,5,8-13H2,2-4,6H3;7,13-14,16H,1,5,8-12H2,2-4,6H3;2*1H4;. The first-order valence-corrected chi connectivity index (χ1v) is 25.2. The number of fused-ring (bicyclic) bond motifs is 2. The van der Waals surface area contributed by atoms with Crippen LogP contribution in [0.15, 0.2) is 71.9 Å². The molecular weight excluding hydrogens is 785 g/mol. The molecule has 0 radical (unpaired) electrons. The summed E-state index contributed by atoms with van der Waals surface area (Å²) in [5.41, 5.74) is 6.09. The Balaban J connectivity index is 0.000000876. The molecule has 0 saturated heterocycles. The van der Waals surface area contributed by atoms with E-state index in [-0.39, 0.29) is 55.0 Å². The fourth-order valence-electron chi connectivity index (χ4n) is 9.20. The number of carbonyl (C=O) groups is 3. The van der Waals surface area contributed by atoms with E-state index < -0.39 is 0 Å². The maximum atomic E-state index is 12.6. The largest absolute Gasteiger partial charge is 0.396 e. The van der Waals surface area contributed by atoms with Crippen molar-refractivity contribution in [1.29, 1.82) is 0 Å². The van der Waals surface area contributed by atoms with E-state index in [1.807, 2.05) is 12.2 Å². The lowest BCUT2D eigenvalue weighted by Crippen LogP contribution is -2.36. The summed E-state index contributed by atoms with van der Waals surface area (Å²) in [7, 11) is 5.63. The highest BCUT2D eigenvalue weighted by Crippen LogP contribution is 2.60. The van der Waals surface area contributed by atoms with Gasteiger partial charge in [0.1, 0.15) is 6.29 Å². The quantitative estimate of drug-likeness (QED) is 0.156. The average Bonchev–Trinajstić information content (AvgIpc) is 3.67. The number of allylic oxidation sites excluding steroid dienone is 8. The van der Waals surface area contributed by atoms with Crippen molar-refractivity contribution < 1.29 is 19.5 Å². The summed E-state index contributed by atoms with van der Waals surface area (Å²) >= 11 is 9.03. The van der Waals surface area contributed by atoms with E-state index in [4.69, 9.17) is 0 Å². The van der Waals surface area contributed by atoms with Gasteiger partial charge in [0.25, 0.3) is 0 Å². The number of aliphatic hydroxyl groups excluding tert-OH is 1. The second-order valence-electron chi connectivity index (χ2n) is 16.0. The third-order valence-corrected chi connectivity index (χ3v) is 20.5. The van der Waals surface area contributed by atoms with E-state index in [2.05, 4.69) is 104 Å². The fourth-order valence-corrected chi connectivity index (χ4v) is 14.7. The highest BCUT2D eigenvalue weighted by Gasteiger charge is 2.52. The van der Waals surface area contributed by atoms with Crippen LogP contribution in [0, 0.1) is 45.3 Å². The number of aldehydes is 1. The smallest absolute Gasteiger partial charge is 0.159 e. The summed E-state index contributed by atoms with van der Waals surface area (Å²) in [6.45, 7) is 34.2. The molecule has 4 aliphatic rings. The molecule has 0 aromatic heterocycles. The van der Waals surface area contributed by atoms with Crippen molar-refractivity contribution >= 4 is 75.8 Å². The van der Waals surface area contributed by atoms with Crippen molar-refractivity contribution in [2.45, 2.75) is 134 Å². The van der Waals surface area contributed by atoms with E-state index in [9.17, 15) is 19.5 Å². The van der Waals surface area contributed by atoms with Gasteiger partial charge in [0.2, 0.25) is 0 Å². The highest BCUT2D eigenvalue weighted by atomic mass is 33.3. The third-order valence-electron chi connectivity index (χ3n) is 13.8. The Kier molecular flexibility index (Phi) is 22.1. The summed E-state index contributed by atoms with van der Waals surface area (Å²) in [5.74, 6) is 1.90. The number of rotatable bonds is 12. The molecule has 4 rings (SSSR count). The van der Waals surface area contributed by atoms with Crippen molar-refractivity contribution in [3.05, 3.63) is 71.9 Å². The van der Waals surface area contributed by atoms with Crippen LogP contribution in [0.4, 0.5) is 0 Å². The Morgan fingerprint density at radius 3 is 1.50 bits per heavy atom. The first-order valence-electron chi connectivity index (χ1n) is 18.5.